The summed E-state index contributed by atoms with van der Waals surface area (Å²) < 4.78 is 26.0. The topological polar surface area (TPSA) is 59.1 Å². The van der Waals surface area contributed by atoms with Gasteiger partial charge in [0, 0.05) is 11.6 Å². The maximum absolute atomic E-state index is 11.8. The molecule has 2 radical (unpaired) electrons. The number of nitrogens with zero attached hydrogens (tertiary/aromatic N) is 1. The minimum absolute atomic E-state index is 0.164. The van der Waals surface area contributed by atoms with Crippen LogP contribution >= 0.6 is 11.3 Å². The lowest BCUT2D eigenvalue weighted by Crippen LogP contribution is -2.13. The summed E-state index contributed by atoms with van der Waals surface area (Å²) >= 11 is 1.22. The number of benzene rings is 1. The Morgan fingerprint density at radius 3 is 2.50 bits per heavy atom. The maximum atomic E-state index is 11.8. The van der Waals surface area contributed by atoms with Crippen molar-refractivity contribution in [3.05, 3.63) is 35.8 Å². The summed E-state index contributed by atoms with van der Waals surface area (Å²) in [5.41, 5.74) is 0.521. The first-order valence-corrected chi connectivity index (χ1v) is 6.72. The van der Waals surface area contributed by atoms with E-state index in [0.717, 1.165) is 0 Å². The van der Waals surface area contributed by atoms with Crippen molar-refractivity contribution in [1.29, 1.82) is 0 Å². The minimum Gasteiger partial charge on any atom is -0.255 e. The lowest BCUT2D eigenvalue weighted by Gasteiger charge is -2.04. The predicted octanol–water partition coefficient (Wildman–Crippen LogP) is 0.738. The van der Waals surface area contributed by atoms with Gasteiger partial charge >= 0.3 is 0 Å². The molecule has 0 aliphatic rings. The van der Waals surface area contributed by atoms with Crippen molar-refractivity contribution in [1.82, 2.24) is 4.98 Å². The second-order valence-corrected chi connectivity index (χ2v) is 5.59. The van der Waals surface area contributed by atoms with Gasteiger partial charge in [0.25, 0.3) is 10.0 Å². The molecular formula is C9H7BN2O2S2. The molecule has 0 bridgehead atoms. The molecule has 0 aliphatic heterocycles. The van der Waals surface area contributed by atoms with Gasteiger partial charge in [-0.3, -0.25) is 4.72 Å². The second kappa shape index (κ2) is 4.27. The van der Waals surface area contributed by atoms with Crippen molar-refractivity contribution in [3.63, 3.8) is 0 Å². The fourth-order valence-corrected chi connectivity index (χ4v) is 2.88. The van der Waals surface area contributed by atoms with Crippen LogP contribution in [0.1, 0.15) is 0 Å². The molecule has 0 atom stereocenters. The van der Waals surface area contributed by atoms with Crippen LogP contribution in [0.4, 0.5) is 5.13 Å². The van der Waals surface area contributed by atoms with E-state index in [4.69, 9.17) is 7.85 Å². The van der Waals surface area contributed by atoms with Gasteiger partial charge in [-0.2, -0.15) is 0 Å². The zero-order chi connectivity index (χ0) is 11.6. The van der Waals surface area contributed by atoms with Gasteiger partial charge in [0.1, 0.15) is 7.85 Å². The van der Waals surface area contributed by atoms with Gasteiger partial charge in [-0.1, -0.05) is 17.6 Å². The third-order valence-corrected chi connectivity index (χ3v) is 4.02. The molecule has 0 saturated carbocycles. The van der Waals surface area contributed by atoms with Gasteiger partial charge in [-0.15, -0.1) is 11.3 Å². The first kappa shape index (κ1) is 11.2. The quantitative estimate of drug-likeness (QED) is 0.817. The molecule has 1 heterocycles. The smallest absolute Gasteiger partial charge is 0.255 e. The fourth-order valence-electron chi connectivity index (χ4n) is 1.09. The Morgan fingerprint density at radius 2 is 1.94 bits per heavy atom. The summed E-state index contributed by atoms with van der Waals surface area (Å²) in [5, 5.41) is 2.04. The van der Waals surface area contributed by atoms with E-state index in [2.05, 4.69) is 9.71 Å². The van der Waals surface area contributed by atoms with Gasteiger partial charge in [-0.25, -0.2) is 13.4 Å². The molecule has 7 heteroatoms. The first-order valence-electron chi connectivity index (χ1n) is 4.36. The summed E-state index contributed by atoms with van der Waals surface area (Å²) in [5.74, 6) is 0. The summed E-state index contributed by atoms with van der Waals surface area (Å²) in [6.45, 7) is 0. The molecule has 1 aromatic heterocycles. The zero-order valence-electron chi connectivity index (χ0n) is 8.12. The van der Waals surface area contributed by atoms with Gasteiger partial charge in [0.2, 0.25) is 0 Å². The molecule has 0 spiro atoms. The van der Waals surface area contributed by atoms with Gasteiger partial charge < -0.3 is 0 Å². The predicted molar refractivity (Wildman–Crippen MR) is 64.8 cm³/mol. The minimum atomic E-state index is -3.56. The van der Waals surface area contributed by atoms with E-state index in [1.165, 1.54) is 41.8 Å². The number of thiazole rings is 1. The molecule has 0 fully saturated rings. The van der Waals surface area contributed by atoms with Gasteiger partial charge in [0.15, 0.2) is 5.13 Å². The van der Waals surface area contributed by atoms with E-state index >= 15 is 0 Å². The molecule has 0 amide bonds. The lowest BCUT2D eigenvalue weighted by molar-refractivity contribution is 0.601. The molecule has 2 rings (SSSR count). The normalized spacial score (nSPS) is 11.2. The Hall–Kier alpha value is -1.34. The summed E-state index contributed by atoms with van der Waals surface area (Å²) in [7, 11) is 1.92. The van der Waals surface area contributed by atoms with E-state index in [1.54, 1.807) is 5.38 Å². The number of rotatable bonds is 3. The van der Waals surface area contributed by atoms with E-state index in [9.17, 15) is 8.42 Å². The van der Waals surface area contributed by atoms with E-state index in [1.807, 2.05) is 0 Å². The van der Waals surface area contributed by atoms with Crippen molar-refractivity contribution < 1.29 is 8.42 Å². The molecule has 4 nitrogen and oxygen atoms in total. The highest BCUT2D eigenvalue weighted by Gasteiger charge is 2.14. The molecule has 0 unspecified atom stereocenters. The van der Waals surface area contributed by atoms with E-state index < -0.39 is 10.0 Å². The lowest BCUT2D eigenvalue weighted by atomic mass is 9.97. The van der Waals surface area contributed by atoms with Crippen LogP contribution in [0, 0.1) is 0 Å². The molecule has 0 aliphatic carbocycles. The molecular weight excluding hydrogens is 243 g/mol. The van der Waals surface area contributed by atoms with Crippen LogP contribution in [0.15, 0.2) is 40.7 Å². The summed E-state index contributed by atoms with van der Waals surface area (Å²) in [6.07, 6.45) is 1.53. The Labute approximate surface area is 98.8 Å². The molecule has 1 N–H and O–H groups in total. The Morgan fingerprint density at radius 1 is 1.25 bits per heavy atom. The number of nitrogens with one attached hydrogen (secondary N) is 1. The van der Waals surface area contributed by atoms with Crippen LogP contribution in [0.25, 0.3) is 0 Å². The second-order valence-electron chi connectivity index (χ2n) is 3.01. The van der Waals surface area contributed by atoms with Crippen LogP contribution in [0.3, 0.4) is 0 Å². The van der Waals surface area contributed by atoms with Crippen molar-refractivity contribution in [2.45, 2.75) is 4.90 Å². The number of hydrogen-bond acceptors (Lipinski definition) is 4. The van der Waals surface area contributed by atoms with Crippen molar-refractivity contribution in [2.75, 3.05) is 4.72 Å². The molecule has 0 saturated heterocycles. The summed E-state index contributed by atoms with van der Waals surface area (Å²) in [6, 6.07) is 5.98. The van der Waals surface area contributed by atoms with Crippen LogP contribution in [-0.2, 0) is 10.0 Å². The fraction of sp³-hybridized carbons (Fsp3) is 0. The van der Waals surface area contributed by atoms with Gasteiger partial charge in [0.05, 0.1) is 4.90 Å². The Kier molecular flexibility index (Phi) is 2.98. The van der Waals surface area contributed by atoms with Gasteiger partial charge in [-0.05, 0) is 12.1 Å². The number of anilines is 1. The van der Waals surface area contributed by atoms with E-state index in [0.29, 0.717) is 10.6 Å². The first-order chi connectivity index (χ1) is 7.58. The standard InChI is InChI=1S/C9H7BN2O2S2/c10-7-1-3-8(4-2-7)16(13,14)12-9-11-5-6-15-9/h1-6H,(H,11,12). The van der Waals surface area contributed by atoms with Crippen LogP contribution in [0.2, 0.25) is 0 Å². The third kappa shape index (κ3) is 2.42. The van der Waals surface area contributed by atoms with Crippen molar-refractivity contribution in [2.24, 2.45) is 0 Å². The highest BCUT2D eigenvalue weighted by Crippen LogP contribution is 2.16. The number of hydrogen-bond donors (Lipinski definition) is 1. The average molecular weight is 250 g/mol. The summed E-state index contributed by atoms with van der Waals surface area (Å²) in [4.78, 5) is 4.01. The zero-order valence-corrected chi connectivity index (χ0v) is 9.75. The molecule has 16 heavy (non-hydrogen) atoms. The third-order valence-electron chi connectivity index (χ3n) is 1.84. The highest BCUT2D eigenvalue weighted by atomic mass is 32.2. The maximum Gasteiger partial charge on any atom is 0.263 e. The Balaban J connectivity index is 2.29. The van der Waals surface area contributed by atoms with Crippen LogP contribution in [0.5, 0.6) is 0 Å². The highest BCUT2D eigenvalue weighted by molar-refractivity contribution is 7.93. The Bertz CT molecular complexity index is 564. The number of sulfonamides is 1. The molecule has 80 valence electrons. The van der Waals surface area contributed by atoms with Crippen LogP contribution < -0.4 is 10.2 Å². The largest absolute Gasteiger partial charge is 0.263 e. The average Bonchev–Trinajstić information content (AvgIpc) is 2.70. The SMILES string of the molecule is [B]c1ccc(S(=O)(=O)Nc2nccs2)cc1. The number of aromatic nitrogens is 1. The molecule has 1 aromatic carbocycles. The van der Waals surface area contributed by atoms with E-state index in [-0.39, 0.29) is 4.90 Å². The van der Waals surface area contributed by atoms with Crippen molar-refractivity contribution in [3.8, 4) is 0 Å². The van der Waals surface area contributed by atoms with Crippen molar-refractivity contribution >= 4 is 39.8 Å². The monoisotopic (exact) mass is 250 g/mol. The molecule has 2 aromatic rings. The van der Waals surface area contributed by atoms with Crippen LogP contribution in [-0.4, -0.2) is 21.2 Å².